The van der Waals surface area contributed by atoms with Gasteiger partial charge in [-0.25, -0.2) is 14.5 Å². The first kappa shape index (κ1) is 17.7. The van der Waals surface area contributed by atoms with E-state index in [0.29, 0.717) is 33.3 Å². The molecule has 1 saturated carbocycles. The number of fused-ring (bicyclic) bond motifs is 1. The lowest BCUT2D eigenvalue weighted by Crippen LogP contribution is -2.16. The van der Waals surface area contributed by atoms with Gasteiger partial charge in [-0.1, -0.05) is 30.5 Å². The van der Waals surface area contributed by atoms with Crippen LogP contribution in [-0.4, -0.2) is 25.6 Å². The summed E-state index contributed by atoms with van der Waals surface area (Å²) >= 11 is 9.75. The van der Waals surface area contributed by atoms with Crippen molar-refractivity contribution in [3.8, 4) is 22.7 Å². The Morgan fingerprint density at radius 1 is 1.14 bits per heavy atom. The SMILES string of the molecule is Clc1cccc2c(-c3ccnc(NC4CCCC4)n3)c(-c3ccc(Br)o3)nn12. The van der Waals surface area contributed by atoms with Crippen LogP contribution in [0, 0.1) is 0 Å². The van der Waals surface area contributed by atoms with E-state index in [0.717, 1.165) is 29.6 Å². The molecule has 6 nitrogen and oxygen atoms in total. The Balaban J connectivity index is 1.66. The number of anilines is 1. The minimum Gasteiger partial charge on any atom is -0.448 e. The largest absolute Gasteiger partial charge is 0.448 e. The van der Waals surface area contributed by atoms with Gasteiger partial charge in [-0.3, -0.25) is 0 Å². The van der Waals surface area contributed by atoms with Gasteiger partial charge >= 0.3 is 0 Å². The second-order valence-corrected chi connectivity index (χ2v) is 8.03. The lowest BCUT2D eigenvalue weighted by Gasteiger charge is -2.12. The number of aromatic nitrogens is 4. The third-order valence-electron chi connectivity index (χ3n) is 5.02. The number of nitrogens with zero attached hydrogens (tertiary/aromatic N) is 4. The van der Waals surface area contributed by atoms with E-state index in [9.17, 15) is 0 Å². The molecule has 0 saturated heterocycles. The molecule has 0 bridgehead atoms. The Bertz CT molecular complexity index is 1150. The van der Waals surface area contributed by atoms with Crippen LogP contribution in [0.1, 0.15) is 25.7 Å². The van der Waals surface area contributed by atoms with Gasteiger partial charge < -0.3 is 9.73 Å². The van der Waals surface area contributed by atoms with Gasteiger partial charge in [0.2, 0.25) is 5.95 Å². The number of furan rings is 1. The highest BCUT2D eigenvalue weighted by Gasteiger charge is 2.22. The molecule has 0 aliphatic heterocycles. The molecule has 0 aromatic carbocycles. The predicted octanol–water partition coefficient (Wildman–Crippen LogP) is 5.82. The Morgan fingerprint density at radius 2 is 2.00 bits per heavy atom. The summed E-state index contributed by atoms with van der Waals surface area (Å²) in [4.78, 5) is 9.19. The summed E-state index contributed by atoms with van der Waals surface area (Å²) in [5.41, 5.74) is 3.18. The number of hydrogen-bond donors (Lipinski definition) is 1. The lowest BCUT2D eigenvalue weighted by molar-refractivity contribution is 0.553. The zero-order valence-electron chi connectivity index (χ0n) is 14.9. The molecule has 4 aromatic rings. The van der Waals surface area contributed by atoms with Gasteiger partial charge in [0.1, 0.15) is 10.8 Å². The molecular formula is C20H17BrClN5O. The van der Waals surface area contributed by atoms with E-state index in [2.05, 4.69) is 26.2 Å². The predicted molar refractivity (Wildman–Crippen MR) is 113 cm³/mol. The molecule has 4 heterocycles. The topological polar surface area (TPSA) is 68.2 Å². The Hall–Kier alpha value is -2.38. The number of halogens is 2. The van der Waals surface area contributed by atoms with Crippen LogP contribution >= 0.6 is 27.5 Å². The van der Waals surface area contributed by atoms with Crippen LogP contribution in [0.5, 0.6) is 0 Å². The standard InChI is InChI=1S/C20H17BrClN5O/c21-16-9-8-15(28-16)19-18(14-6-3-7-17(22)27(14)26-19)13-10-11-23-20(25-13)24-12-4-1-2-5-12/h3,6-12H,1-2,4-5H2,(H,23,24,25). The average Bonchev–Trinajstić information content (AvgIpc) is 3.42. The highest BCUT2D eigenvalue weighted by molar-refractivity contribution is 9.10. The third kappa shape index (κ3) is 3.18. The van der Waals surface area contributed by atoms with Crippen molar-refractivity contribution in [3.05, 3.63) is 52.4 Å². The zero-order chi connectivity index (χ0) is 19.1. The Morgan fingerprint density at radius 3 is 2.79 bits per heavy atom. The van der Waals surface area contributed by atoms with E-state index >= 15 is 0 Å². The van der Waals surface area contributed by atoms with Crippen molar-refractivity contribution in [2.24, 2.45) is 0 Å². The molecule has 28 heavy (non-hydrogen) atoms. The summed E-state index contributed by atoms with van der Waals surface area (Å²) in [5.74, 6) is 1.28. The van der Waals surface area contributed by atoms with Crippen molar-refractivity contribution < 1.29 is 4.42 Å². The monoisotopic (exact) mass is 457 g/mol. The fourth-order valence-corrected chi connectivity index (χ4v) is 4.23. The van der Waals surface area contributed by atoms with Crippen molar-refractivity contribution in [1.82, 2.24) is 19.6 Å². The fraction of sp³-hybridized carbons (Fsp3) is 0.250. The molecule has 5 rings (SSSR count). The van der Waals surface area contributed by atoms with Crippen LogP contribution in [0.15, 0.2) is 51.7 Å². The number of pyridine rings is 1. The van der Waals surface area contributed by atoms with E-state index < -0.39 is 0 Å². The molecule has 0 atom stereocenters. The molecule has 1 aliphatic carbocycles. The van der Waals surface area contributed by atoms with Gasteiger partial charge in [-0.2, -0.15) is 5.10 Å². The number of rotatable bonds is 4. The van der Waals surface area contributed by atoms with E-state index in [1.165, 1.54) is 12.8 Å². The van der Waals surface area contributed by atoms with Crippen LogP contribution < -0.4 is 5.32 Å². The molecule has 0 spiro atoms. The summed E-state index contributed by atoms with van der Waals surface area (Å²) in [7, 11) is 0. The molecule has 0 amide bonds. The maximum atomic E-state index is 6.38. The normalized spacial score (nSPS) is 14.8. The first-order valence-corrected chi connectivity index (χ1v) is 10.4. The van der Waals surface area contributed by atoms with Crippen molar-refractivity contribution in [2.75, 3.05) is 5.32 Å². The second kappa shape index (κ2) is 7.22. The van der Waals surface area contributed by atoms with Crippen molar-refractivity contribution in [2.45, 2.75) is 31.7 Å². The first-order valence-electron chi connectivity index (χ1n) is 9.22. The summed E-state index contributed by atoms with van der Waals surface area (Å²) < 4.78 is 8.12. The number of nitrogens with one attached hydrogen (secondary N) is 1. The van der Waals surface area contributed by atoms with Gasteiger partial charge in [0.25, 0.3) is 0 Å². The van der Waals surface area contributed by atoms with Gasteiger partial charge in [0, 0.05) is 12.2 Å². The van der Waals surface area contributed by atoms with Crippen LogP contribution in [-0.2, 0) is 0 Å². The maximum absolute atomic E-state index is 6.38. The molecular weight excluding hydrogens is 442 g/mol. The van der Waals surface area contributed by atoms with E-state index in [1.54, 1.807) is 16.8 Å². The Kier molecular flexibility index (Phi) is 4.56. The molecule has 1 fully saturated rings. The van der Waals surface area contributed by atoms with Gasteiger partial charge in [-0.15, -0.1) is 0 Å². The molecule has 4 aromatic heterocycles. The van der Waals surface area contributed by atoms with E-state index in [-0.39, 0.29) is 0 Å². The molecule has 1 N–H and O–H groups in total. The number of hydrogen-bond acceptors (Lipinski definition) is 5. The van der Waals surface area contributed by atoms with Crippen molar-refractivity contribution >= 4 is 39.0 Å². The molecule has 142 valence electrons. The van der Waals surface area contributed by atoms with Crippen molar-refractivity contribution in [1.29, 1.82) is 0 Å². The van der Waals surface area contributed by atoms with Crippen molar-refractivity contribution in [3.63, 3.8) is 0 Å². The van der Waals surface area contributed by atoms with E-state index in [1.807, 2.05) is 30.3 Å². The van der Waals surface area contributed by atoms with Crippen LogP contribution in [0.25, 0.3) is 28.2 Å². The highest BCUT2D eigenvalue weighted by atomic mass is 79.9. The van der Waals surface area contributed by atoms with Crippen LogP contribution in [0.2, 0.25) is 5.15 Å². The van der Waals surface area contributed by atoms with Gasteiger partial charge in [-0.05, 0) is 59.1 Å². The third-order valence-corrected chi connectivity index (χ3v) is 5.73. The summed E-state index contributed by atoms with van der Waals surface area (Å²) in [6.07, 6.45) is 6.59. The molecule has 8 heteroatoms. The molecule has 0 radical (unpaired) electrons. The minimum absolute atomic E-state index is 0.439. The minimum atomic E-state index is 0.439. The van der Waals surface area contributed by atoms with Crippen LogP contribution in [0.3, 0.4) is 0 Å². The van der Waals surface area contributed by atoms with Gasteiger partial charge in [0.15, 0.2) is 10.4 Å². The fourth-order valence-electron chi connectivity index (χ4n) is 3.72. The average molecular weight is 459 g/mol. The summed E-state index contributed by atoms with van der Waals surface area (Å²) in [6, 6.07) is 11.7. The second-order valence-electron chi connectivity index (χ2n) is 6.86. The molecule has 1 aliphatic rings. The summed E-state index contributed by atoms with van der Waals surface area (Å²) in [5, 5.41) is 8.68. The Labute approximate surface area is 175 Å². The maximum Gasteiger partial charge on any atom is 0.223 e. The van der Waals surface area contributed by atoms with E-state index in [4.69, 9.17) is 26.1 Å². The zero-order valence-corrected chi connectivity index (χ0v) is 17.2. The quantitative estimate of drug-likeness (QED) is 0.390. The van der Waals surface area contributed by atoms with Gasteiger partial charge in [0.05, 0.1) is 16.8 Å². The first-order chi connectivity index (χ1) is 13.7. The summed E-state index contributed by atoms with van der Waals surface area (Å²) in [6.45, 7) is 0. The van der Waals surface area contributed by atoms with Crippen LogP contribution in [0.4, 0.5) is 5.95 Å². The highest BCUT2D eigenvalue weighted by Crippen LogP contribution is 2.37. The smallest absolute Gasteiger partial charge is 0.223 e. The molecule has 0 unspecified atom stereocenters. The lowest BCUT2D eigenvalue weighted by atomic mass is 10.1.